The summed E-state index contributed by atoms with van der Waals surface area (Å²) in [6.07, 6.45) is 0.839. The fraction of sp³-hybridized carbons (Fsp3) is 0.333. The Labute approximate surface area is 103 Å². The minimum atomic E-state index is -0.247. The SMILES string of the molecule is CCCn1nc(-c2cccs2)cc(CO)c1=O. The van der Waals surface area contributed by atoms with Gasteiger partial charge in [-0.25, -0.2) is 4.68 Å². The van der Waals surface area contributed by atoms with Crippen LogP contribution in [0.4, 0.5) is 0 Å². The van der Waals surface area contributed by atoms with Gasteiger partial charge in [0.1, 0.15) is 5.69 Å². The number of hydrogen-bond acceptors (Lipinski definition) is 4. The number of thiophene rings is 1. The molecule has 0 spiro atoms. The summed E-state index contributed by atoms with van der Waals surface area (Å²) in [6, 6.07) is 5.56. The third kappa shape index (κ3) is 2.45. The number of rotatable bonds is 4. The largest absolute Gasteiger partial charge is 0.391 e. The van der Waals surface area contributed by atoms with Crippen molar-refractivity contribution in [2.45, 2.75) is 26.5 Å². The van der Waals surface area contributed by atoms with E-state index in [1.165, 1.54) is 4.68 Å². The topological polar surface area (TPSA) is 55.1 Å². The maximum atomic E-state index is 11.9. The van der Waals surface area contributed by atoms with Gasteiger partial charge in [-0.15, -0.1) is 11.3 Å². The maximum absolute atomic E-state index is 11.9. The Bertz CT molecular complexity index is 546. The molecule has 0 radical (unpaired) electrons. The van der Waals surface area contributed by atoms with Crippen LogP contribution in [0.1, 0.15) is 18.9 Å². The molecule has 0 saturated heterocycles. The number of aliphatic hydroxyl groups excluding tert-OH is 1. The Balaban J connectivity index is 2.55. The lowest BCUT2D eigenvalue weighted by molar-refractivity contribution is 0.278. The molecule has 0 unspecified atom stereocenters. The lowest BCUT2D eigenvalue weighted by Gasteiger charge is -2.07. The summed E-state index contributed by atoms with van der Waals surface area (Å²) in [5.41, 5.74) is 0.948. The number of nitrogens with zero attached hydrogens (tertiary/aromatic N) is 2. The van der Waals surface area contributed by atoms with Gasteiger partial charge in [0.2, 0.25) is 0 Å². The van der Waals surface area contributed by atoms with Crippen LogP contribution in [0.3, 0.4) is 0 Å². The van der Waals surface area contributed by atoms with Crippen molar-refractivity contribution in [2.24, 2.45) is 0 Å². The summed E-state index contributed by atoms with van der Waals surface area (Å²) in [5, 5.41) is 15.5. The van der Waals surface area contributed by atoms with E-state index >= 15 is 0 Å². The molecule has 0 bridgehead atoms. The highest BCUT2D eigenvalue weighted by molar-refractivity contribution is 7.13. The lowest BCUT2D eigenvalue weighted by Crippen LogP contribution is -2.26. The van der Waals surface area contributed by atoms with Crippen LogP contribution in [0.15, 0.2) is 28.4 Å². The summed E-state index contributed by atoms with van der Waals surface area (Å²) in [4.78, 5) is 12.9. The predicted octanol–water partition coefficient (Wildman–Crippen LogP) is 1.87. The molecule has 4 nitrogen and oxygen atoms in total. The van der Waals surface area contributed by atoms with E-state index in [-0.39, 0.29) is 12.2 Å². The Morgan fingerprint density at radius 2 is 2.35 bits per heavy atom. The zero-order valence-electron chi connectivity index (χ0n) is 9.59. The van der Waals surface area contributed by atoms with Crippen LogP contribution < -0.4 is 5.56 Å². The van der Waals surface area contributed by atoms with Crippen LogP contribution in [-0.2, 0) is 13.2 Å². The highest BCUT2D eigenvalue weighted by Crippen LogP contribution is 2.22. The highest BCUT2D eigenvalue weighted by atomic mass is 32.1. The zero-order valence-corrected chi connectivity index (χ0v) is 10.4. The van der Waals surface area contributed by atoms with Gasteiger partial charge in [0, 0.05) is 12.1 Å². The van der Waals surface area contributed by atoms with E-state index in [0.29, 0.717) is 12.1 Å². The lowest BCUT2D eigenvalue weighted by atomic mass is 10.2. The monoisotopic (exact) mass is 250 g/mol. The molecule has 0 aliphatic rings. The molecule has 5 heteroatoms. The van der Waals surface area contributed by atoms with Gasteiger partial charge in [-0.05, 0) is 23.9 Å². The third-order valence-corrected chi connectivity index (χ3v) is 3.32. The molecule has 2 aromatic heterocycles. The Morgan fingerprint density at radius 1 is 1.53 bits per heavy atom. The van der Waals surface area contributed by atoms with E-state index in [4.69, 9.17) is 0 Å². The van der Waals surface area contributed by atoms with Crippen molar-refractivity contribution in [1.82, 2.24) is 9.78 Å². The van der Waals surface area contributed by atoms with Crippen molar-refractivity contribution in [1.29, 1.82) is 0 Å². The van der Waals surface area contributed by atoms with E-state index in [1.54, 1.807) is 17.4 Å². The van der Waals surface area contributed by atoms with E-state index in [0.717, 1.165) is 17.0 Å². The van der Waals surface area contributed by atoms with Crippen molar-refractivity contribution in [3.8, 4) is 10.6 Å². The fourth-order valence-corrected chi connectivity index (χ4v) is 2.30. The summed E-state index contributed by atoms with van der Waals surface area (Å²) in [6.45, 7) is 2.32. The van der Waals surface area contributed by atoms with Crippen LogP contribution in [0.2, 0.25) is 0 Å². The molecule has 0 amide bonds. The average molecular weight is 250 g/mol. The summed E-state index contributed by atoms with van der Waals surface area (Å²) < 4.78 is 1.43. The molecular weight excluding hydrogens is 236 g/mol. The van der Waals surface area contributed by atoms with Crippen molar-refractivity contribution in [3.63, 3.8) is 0 Å². The van der Waals surface area contributed by atoms with Crippen molar-refractivity contribution in [3.05, 3.63) is 39.5 Å². The first-order chi connectivity index (χ1) is 8.26. The van der Waals surface area contributed by atoms with Crippen molar-refractivity contribution in [2.75, 3.05) is 0 Å². The Kier molecular flexibility index (Phi) is 3.71. The smallest absolute Gasteiger partial charge is 0.272 e. The molecule has 90 valence electrons. The van der Waals surface area contributed by atoms with Gasteiger partial charge in [-0.3, -0.25) is 4.79 Å². The van der Waals surface area contributed by atoms with Crippen LogP contribution in [-0.4, -0.2) is 14.9 Å². The van der Waals surface area contributed by atoms with E-state index in [2.05, 4.69) is 5.10 Å². The molecular formula is C12H14N2O2S. The first-order valence-corrected chi connectivity index (χ1v) is 6.40. The van der Waals surface area contributed by atoms with Crippen LogP contribution >= 0.6 is 11.3 Å². The fourth-order valence-electron chi connectivity index (χ4n) is 1.62. The van der Waals surface area contributed by atoms with Gasteiger partial charge in [0.15, 0.2) is 0 Å². The highest BCUT2D eigenvalue weighted by Gasteiger charge is 2.09. The minimum absolute atomic E-state index is 0.199. The van der Waals surface area contributed by atoms with Gasteiger partial charge in [-0.1, -0.05) is 13.0 Å². The van der Waals surface area contributed by atoms with Crippen LogP contribution in [0, 0.1) is 0 Å². The number of hydrogen-bond donors (Lipinski definition) is 1. The van der Waals surface area contributed by atoms with Crippen LogP contribution in [0.25, 0.3) is 10.6 Å². The first-order valence-electron chi connectivity index (χ1n) is 5.52. The first kappa shape index (κ1) is 12.0. The number of aliphatic hydroxyl groups is 1. The molecule has 17 heavy (non-hydrogen) atoms. The average Bonchev–Trinajstić information content (AvgIpc) is 2.85. The van der Waals surface area contributed by atoms with Gasteiger partial charge < -0.3 is 5.11 Å². The molecule has 0 aliphatic carbocycles. The van der Waals surface area contributed by atoms with Gasteiger partial charge in [-0.2, -0.15) is 5.10 Å². The molecule has 1 N–H and O–H groups in total. The Morgan fingerprint density at radius 3 is 2.94 bits per heavy atom. The molecule has 0 aromatic carbocycles. The predicted molar refractivity (Wildman–Crippen MR) is 68.0 cm³/mol. The summed E-state index contributed by atoms with van der Waals surface area (Å²) >= 11 is 1.57. The van der Waals surface area contributed by atoms with E-state index in [9.17, 15) is 9.90 Å². The van der Waals surface area contributed by atoms with Gasteiger partial charge >= 0.3 is 0 Å². The normalized spacial score (nSPS) is 10.7. The second kappa shape index (κ2) is 5.25. The zero-order chi connectivity index (χ0) is 12.3. The number of aromatic nitrogens is 2. The standard InChI is InChI=1S/C12H14N2O2S/c1-2-5-14-12(16)9(8-15)7-10(13-14)11-4-3-6-17-11/h3-4,6-7,15H,2,5,8H2,1H3. The molecule has 2 rings (SSSR count). The Hall–Kier alpha value is -1.46. The molecule has 2 heterocycles. The molecule has 0 aliphatic heterocycles. The quantitative estimate of drug-likeness (QED) is 0.901. The molecule has 0 atom stereocenters. The van der Waals surface area contributed by atoms with E-state index < -0.39 is 0 Å². The third-order valence-electron chi connectivity index (χ3n) is 2.43. The van der Waals surface area contributed by atoms with Crippen LogP contribution in [0.5, 0.6) is 0 Å². The molecule has 0 fully saturated rings. The summed E-state index contributed by atoms with van der Waals surface area (Å²) in [5.74, 6) is 0. The molecule has 2 aromatic rings. The maximum Gasteiger partial charge on any atom is 0.272 e. The van der Waals surface area contributed by atoms with E-state index in [1.807, 2.05) is 24.4 Å². The molecule has 0 saturated carbocycles. The van der Waals surface area contributed by atoms with Crippen molar-refractivity contribution >= 4 is 11.3 Å². The second-order valence-electron chi connectivity index (χ2n) is 3.72. The summed E-state index contributed by atoms with van der Waals surface area (Å²) in [7, 11) is 0. The minimum Gasteiger partial charge on any atom is -0.391 e. The van der Waals surface area contributed by atoms with Gasteiger partial charge in [0.05, 0.1) is 11.5 Å². The van der Waals surface area contributed by atoms with Gasteiger partial charge in [0.25, 0.3) is 5.56 Å². The number of aryl methyl sites for hydroxylation is 1. The van der Waals surface area contributed by atoms with Crippen molar-refractivity contribution < 1.29 is 5.11 Å². The second-order valence-corrected chi connectivity index (χ2v) is 4.67.